The molecule has 0 fully saturated rings. The normalized spacial score (nSPS) is 12.1. The van der Waals surface area contributed by atoms with Gasteiger partial charge in [-0.15, -0.1) is 0 Å². The van der Waals surface area contributed by atoms with Crippen molar-refractivity contribution in [2.45, 2.75) is 26.7 Å². The summed E-state index contributed by atoms with van der Waals surface area (Å²) < 4.78 is 0. The first-order chi connectivity index (χ1) is 7.27. The Kier molecular flexibility index (Phi) is 4.88. The molecule has 0 bridgehead atoms. The van der Waals surface area contributed by atoms with Crippen LogP contribution in [0.15, 0.2) is 35.3 Å². The van der Waals surface area contributed by atoms with Gasteiger partial charge in [-0.2, -0.15) is 0 Å². The van der Waals surface area contributed by atoms with Crippen molar-refractivity contribution in [1.82, 2.24) is 0 Å². The second-order valence-corrected chi connectivity index (χ2v) is 3.77. The fourth-order valence-corrected chi connectivity index (χ4v) is 1.47. The van der Waals surface area contributed by atoms with E-state index < -0.39 is 0 Å². The van der Waals surface area contributed by atoms with Crippen LogP contribution in [0.3, 0.4) is 0 Å². The van der Waals surface area contributed by atoms with Gasteiger partial charge in [-0.3, -0.25) is 4.99 Å². The van der Waals surface area contributed by atoms with Crippen LogP contribution in [0.2, 0.25) is 0 Å². The first kappa shape index (κ1) is 11.8. The Labute approximate surface area is 92.2 Å². The molecule has 0 aliphatic rings. The number of rotatable bonds is 5. The van der Waals surface area contributed by atoms with Crippen LogP contribution in [0.4, 0.5) is 0 Å². The lowest BCUT2D eigenvalue weighted by atomic mass is 10.0. The van der Waals surface area contributed by atoms with Crippen molar-refractivity contribution >= 4 is 5.84 Å². The zero-order chi connectivity index (χ0) is 11.1. The van der Waals surface area contributed by atoms with Crippen LogP contribution in [0, 0.1) is 5.92 Å². The molecule has 0 aliphatic heterocycles. The maximum Gasteiger partial charge on any atom is 0.125 e. The van der Waals surface area contributed by atoms with Crippen molar-refractivity contribution in [3.05, 3.63) is 35.9 Å². The highest BCUT2D eigenvalue weighted by Gasteiger charge is 2.02. The first-order valence-electron chi connectivity index (χ1n) is 5.63. The van der Waals surface area contributed by atoms with Gasteiger partial charge in [0.1, 0.15) is 5.84 Å². The van der Waals surface area contributed by atoms with Gasteiger partial charge >= 0.3 is 0 Å². The molecule has 0 heterocycles. The van der Waals surface area contributed by atoms with Crippen LogP contribution in [-0.2, 0) is 0 Å². The summed E-state index contributed by atoms with van der Waals surface area (Å²) in [6, 6.07) is 9.93. The van der Waals surface area contributed by atoms with E-state index in [9.17, 15) is 0 Å². The highest BCUT2D eigenvalue weighted by molar-refractivity contribution is 5.97. The molecule has 0 unspecified atom stereocenters. The number of nitrogens with zero attached hydrogens (tertiary/aromatic N) is 1. The summed E-state index contributed by atoms with van der Waals surface area (Å²) in [4.78, 5) is 4.43. The topological polar surface area (TPSA) is 38.4 Å². The van der Waals surface area contributed by atoms with Gasteiger partial charge in [0, 0.05) is 12.1 Å². The highest BCUT2D eigenvalue weighted by atomic mass is 14.8. The van der Waals surface area contributed by atoms with E-state index in [2.05, 4.69) is 18.8 Å². The summed E-state index contributed by atoms with van der Waals surface area (Å²) in [5, 5.41) is 0. The molecule has 2 N–H and O–H groups in total. The molecule has 0 aromatic heterocycles. The Hall–Kier alpha value is -1.31. The molecule has 0 radical (unpaired) electrons. The third-order valence-corrected chi connectivity index (χ3v) is 2.74. The van der Waals surface area contributed by atoms with Gasteiger partial charge in [-0.25, -0.2) is 0 Å². The van der Waals surface area contributed by atoms with Gasteiger partial charge in [-0.05, 0) is 5.92 Å². The van der Waals surface area contributed by atoms with E-state index in [0.29, 0.717) is 11.8 Å². The fourth-order valence-electron chi connectivity index (χ4n) is 1.47. The molecule has 2 heteroatoms. The quantitative estimate of drug-likeness (QED) is 0.581. The van der Waals surface area contributed by atoms with Crippen LogP contribution < -0.4 is 5.73 Å². The third kappa shape index (κ3) is 3.74. The van der Waals surface area contributed by atoms with Gasteiger partial charge < -0.3 is 5.73 Å². The van der Waals surface area contributed by atoms with Crippen molar-refractivity contribution in [3.8, 4) is 0 Å². The SMILES string of the molecule is CCC(CC)CN=C(N)c1ccccc1. The number of benzene rings is 1. The standard InChI is InChI=1S/C13H20N2/c1-3-11(4-2)10-15-13(14)12-8-6-5-7-9-12/h5-9,11H,3-4,10H2,1-2H3,(H2,14,15). The molecule has 0 atom stereocenters. The summed E-state index contributed by atoms with van der Waals surface area (Å²) in [6.45, 7) is 5.23. The van der Waals surface area contributed by atoms with E-state index in [1.807, 2.05) is 30.3 Å². The number of hydrogen-bond donors (Lipinski definition) is 1. The Morgan fingerprint density at radius 1 is 1.20 bits per heavy atom. The minimum Gasteiger partial charge on any atom is -0.384 e. The van der Waals surface area contributed by atoms with Gasteiger partial charge in [0.2, 0.25) is 0 Å². The predicted molar refractivity (Wildman–Crippen MR) is 66.1 cm³/mol. The van der Waals surface area contributed by atoms with Crippen molar-refractivity contribution in [3.63, 3.8) is 0 Å². The summed E-state index contributed by atoms with van der Waals surface area (Å²) in [5.74, 6) is 1.31. The molecular weight excluding hydrogens is 184 g/mol. The van der Waals surface area contributed by atoms with E-state index in [4.69, 9.17) is 5.73 Å². The van der Waals surface area contributed by atoms with E-state index >= 15 is 0 Å². The minimum atomic E-state index is 0.655. The molecule has 0 aliphatic carbocycles. The van der Waals surface area contributed by atoms with Crippen LogP contribution in [0.1, 0.15) is 32.3 Å². The van der Waals surface area contributed by atoms with Crippen molar-refractivity contribution in [1.29, 1.82) is 0 Å². The van der Waals surface area contributed by atoms with Crippen molar-refractivity contribution < 1.29 is 0 Å². The monoisotopic (exact) mass is 204 g/mol. The van der Waals surface area contributed by atoms with Crippen LogP contribution >= 0.6 is 0 Å². The van der Waals surface area contributed by atoms with E-state index in [1.54, 1.807) is 0 Å². The molecule has 1 aromatic carbocycles. The van der Waals surface area contributed by atoms with E-state index in [1.165, 1.54) is 12.8 Å². The summed E-state index contributed by atoms with van der Waals surface area (Å²) in [5.41, 5.74) is 6.92. The lowest BCUT2D eigenvalue weighted by Gasteiger charge is -2.09. The molecule has 1 aromatic rings. The first-order valence-corrected chi connectivity index (χ1v) is 5.63. The lowest BCUT2D eigenvalue weighted by molar-refractivity contribution is 0.506. The Morgan fingerprint density at radius 3 is 2.33 bits per heavy atom. The number of aliphatic imine (C=N–C) groups is 1. The van der Waals surface area contributed by atoms with E-state index in [0.717, 1.165) is 12.1 Å². The zero-order valence-corrected chi connectivity index (χ0v) is 9.61. The van der Waals surface area contributed by atoms with Crippen LogP contribution in [-0.4, -0.2) is 12.4 Å². The molecular formula is C13H20N2. The maximum atomic E-state index is 5.90. The second-order valence-electron chi connectivity index (χ2n) is 3.77. The van der Waals surface area contributed by atoms with Crippen molar-refractivity contribution in [2.75, 3.05) is 6.54 Å². The average Bonchev–Trinajstić information content (AvgIpc) is 2.31. The Bertz CT molecular complexity index is 300. The lowest BCUT2D eigenvalue weighted by Crippen LogP contribution is -2.15. The molecule has 15 heavy (non-hydrogen) atoms. The Balaban J connectivity index is 2.60. The molecule has 0 spiro atoms. The molecule has 2 nitrogen and oxygen atoms in total. The zero-order valence-electron chi connectivity index (χ0n) is 9.61. The fraction of sp³-hybridized carbons (Fsp3) is 0.462. The number of nitrogens with two attached hydrogens (primary N) is 1. The van der Waals surface area contributed by atoms with Gasteiger partial charge in [-0.1, -0.05) is 57.0 Å². The smallest absolute Gasteiger partial charge is 0.125 e. The van der Waals surface area contributed by atoms with Crippen molar-refractivity contribution in [2.24, 2.45) is 16.6 Å². The highest BCUT2D eigenvalue weighted by Crippen LogP contribution is 2.08. The summed E-state index contributed by atoms with van der Waals surface area (Å²) in [7, 11) is 0. The molecule has 0 saturated heterocycles. The Morgan fingerprint density at radius 2 is 1.80 bits per heavy atom. The van der Waals surface area contributed by atoms with Gasteiger partial charge in [0.15, 0.2) is 0 Å². The van der Waals surface area contributed by atoms with Crippen LogP contribution in [0.5, 0.6) is 0 Å². The average molecular weight is 204 g/mol. The largest absolute Gasteiger partial charge is 0.384 e. The predicted octanol–water partition coefficient (Wildman–Crippen LogP) is 2.83. The maximum absolute atomic E-state index is 5.90. The minimum absolute atomic E-state index is 0.655. The van der Waals surface area contributed by atoms with Gasteiger partial charge in [0.05, 0.1) is 0 Å². The molecule has 0 amide bonds. The molecule has 1 rings (SSSR count). The number of hydrogen-bond acceptors (Lipinski definition) is 1. The third-order valence-electron chi connectivity index (χ3n) is 2.74. The molecule has 0 saturated carbocycles. The van der Waals surface area contributed by atoms with Crippen LogP contribution in [0.25, 0.3) is 0 Å². The molecule has 82 valence electrons. The summed E-state index contributed by atoms with van der Waals surface area (Å²) in [6.07, 6.45) is 2.34. The van der Waals surface area contributed by atoms with E-state index in [-0.39, 0.29) is 0 Å². The van der Waals surface area contributed by atoms with Gasteiger partial charge in [0.25, 0.3) is 0 Å². The summed E-state index contributed by atoms with van der Waals surface area (Å²) >= 11 is 0. The number of amidine groups is 1. The second kappa shape index (κ2) is 6.23.